The van der Waals surface area contributed by atoms with E-state index in [1.807, 2.05) is 72.8 Å². The smallest absolute Gasteiger partial charge is 0.164 e. The van der Waals surface area contributed by atoms with Crippen LogP contribution in [-0.2, 0) is 0 Å². The van der Waals surface area contributed by atoms with E-state index in [1.54, 1.807) is 0 Å². The quantitative estimate of drug-likeness (QED) is 0.192. The first-order chi connectivity index (χ1) is 22.8. The average Bonchev–Trinajstić information content (AvgIpc) is 3.70. The second-order valence-corrected chi connectivity index (χ2v) is 11.6. The average molecular weight is 590 g/mol. The standard InChI is InChI=1S/C41H23N3O2/c1-2-9-26(10-3-1)39-42-40(44-41(43-39)30-13-8-16-34-37(30)28-11-4-6-14-32(28)45-34)27-20-18-24-17-19-25-21-22-35-38(36(25)31(24)23-27)29-12-5-7-15-33(29)46-35/h1-23H. The molecule has 46 heavy (non-hydrogen) atoms. The third kappa shape index (κ3) is 3.72. The van der Waals surface area contributed by atoms with Crippen molar-refractivity contribution in [1.29, 1.82) is 0 Å². The number of rotatable bonds is 3. The largest absolute Gasteiger partial charge is 0.456 e. The first-order valence-electron chi connectivity index (χ1n) is 15.3. The summed E-state index contributed by atoms with van der Waals surface area (Å²) in [5.74, 6) is 1.82. The lowest BCUT2D eigenvalue weighted by molar-refractivity contribution is 0.668. The van der Waals surface area contributed by atoms with Crippen molar-refractivity contribution < 1.29 is 8.83 Å². The number of hydrogen-bond acceptors (Lipinski definition) is 5. The van der Waals surface area contributed by atoms with E-state index in [9.17, 15) is 0 Å². The van der Waals surface area contributed by atoms with Crippen LogP contribution in [0.25, 0.3) is 99.6 Å². The Morgan fingerprint density at radius 1 is 0.348 bits per heavy atom. The zero-order valence-corrected chi connectivity index (χ0v) is 24.4. The van der Waals surface area contributed by atoms with Crippen molar-refractivity contribution in [2.24, 2.45) is 0 Å². The van der Waals surface area contributed by atoms with Crippen molar-refractivity contribution in [2.45, 2.75) is 0 Å². The molecule has 0 saturated heterocycles. The molecule has 0 aliphatic rings. The Bertz CT molecular complexity index is 2810. The normalized spacial score (nSPS) is 11.9. The van der Waals surface area contributed by atoms with Gasteiger partial charge in [-0.1, -0.05) is 109 Å². The topological polar surface area (TPSA) is 65.0 Å². The van der Waals surface area contributed by atoms with E-state index >= 15 is 0 Å². The van der Waals surface area contributed by atoms with Gasteiger partial charge in [-0.15, -0.1) is 0 Å². The highest BCUT2D eigenvalue weighted by molar-refractivity contribution is 6.26. The molecule has 10 rings (SSSR count). The van der Waals surface area contributed by atoms with Crippen LogP contribution in [0.2, 0.25) is 0 Å². The minimum Gasteiger partial charge on any atom is -0.456 e. The maximum atomic E-state index is 6.27. The van der Waals surface area contributed by atoms with Crippen LogP contribution in [0.1, 0.15) is 0 Å². The fourth-order valence-corrected chi connectivity index (χ4v) is 6.80. The molecule has 0 atom stereocenters. The van der Waals surface area contributed by atoms with Gasteiger partial charge >= 0.3 is 0 Å². The first-order valence-corrected chi connectivity index (χ1v) is 15.3. The van der Waals surface area contributed by atoms with Crippen LogP contribution in [0.3, 0.4) is 0 Å². The Morgan fingerprint density at radius 3 is 1.74 bits per heavy atom. The highest BCUT2D eigenvalue weighted by Gasteiger charge is 2.19. The Morgan fingerprint density at radius 2 is 0.935 bits per heavy atom. The van der Waals surface area contributed by atoms with Crippen LogP contribution in [0.5, 0.6) is 0 Å². The molecule has 0 saturated carbocycles. The summed E-state index contributed by atoms with van der Waals surface area (Å²) in [5, 5.41) is 8.83. The van der Waals surface area contributed by atoms with Gasteiger partial charge in [0.15, 0.2) is 17.5 Å². The zero-order valence-electron chi connectivity index (χ0n) is 24.4. The number of furan rings is 2. The number of hydrogen-bond donors (Lipinski definition) is 0. The molecule has 7 aromatic carbocycles. The van der Waals surface area contributed by atoms with Gasteiger partial charge in [0.25, 0.3) is 0 Å². The lowest BCUT2D eigenvalue weighted by Crippen LogP contribution is -2.00. The third-order valence-electron chi connectivity index (χ3n) is 8.91. The Kier molecular flexibility index (Phi) is 5.22. The van der Waals surface area contributed by atoms with E-state index in [0.717, 1.165) is 82.1 Å². The lowest BCUT2D eigenvalue weighted by atomic mass is 9.96. The van der Waals surface area contributed by atoms with Crippen LogP contribution in [-0.4, -0.2) is 15.0 Å². The van der Waals surface area contributed by atoms with E-state index in [0.29, 0.717) is 17.5 Å². The monoisotopic (exact) mass is 589 g/mol. The summed E-state index contributed by atoms with van der Waals surface area (Å²) in [4.78, 5) is 15.2. The van der Waals surface area contributed by atoms with E-state index in [1.165, 1.54) is 0 Å². The number of nitrogens with zero attached hydrogens (tertiary/aromatic N) is 3. The Balaban J connectivity index is 1.26. The van der Waals surface area contributed by atoms with Crippen molar-refractivity contribution in [1.82, 2.24) is 15.0 Å². The van der Waals surface area contributed by atoms with Crippen LogP contribution < -0.4 is 0 Å². The van der Waals surface area contributed by atoms with E-state index in [4.69, 9.17) is 23.8 Å². The van der Waals surface area contributed by atoms with Gasteiger partial charge in [0.2, 0.25) is 0 Å². The maximum absolute atomic E-state index is 6.27. The minimum absolute atomic E-state index is 0.599. The molecule has 3 aromatic heterocycles. The molecule has 0 aliphatic heterocycles. The Labute approximate surface area is 262 Å². The molecule has 0 fully saturated rings. The molecular formula is C41H23N3O2. The van der Waals surface area contributed by atoms with Gasteiger partial charge in [-0.3, -0.25) is 0 Å². The second kappa shape index (κ2) is 9.58. The minimum atomic E-state index is 0.599. The molecule has 0 unspecified atom stereocenters. The molecule has 0 N–H and O–H groups in total. The van der Waals surface area contributed by atoms with Crippen LogP contribution in [0, 0.1) is 0 Å². The maximum Gasteiger partial charge on any atom is 0.164 e. The van der Waals surface area contributed by atoms with Crippen molar-refractivity contribution in [2.75, 3.05) is 0 Å². The predicted molar refractivity (Wildman–Crippen MR) is 186 cm³/mol. The first kappa shape index (κ1) is 25.0. The van der Waals surface area contributed by atoms with Crippen molar-refractivity contribution in [3.63, 3.8) is 0 Å². The van der Waals surface area contributed by atoms with E-state index < -0.39 is 0 Å². The van der Waals surface area contributed by atoms with Gasteiger partial charge in [-0.2, -0.15) is 0 Å². The zero-order chi connectivity index (χ0) is 30.2. The lowest BCUT2D eigenvalue weighted by Gasteiger charge is -2.11. The number of benzene rings is 7. The summed E-state index contributed by atoms with van der Waals surface area (Å²) < 4.78 is 12.5. The molecule has 3 heterocycles. The number of para-hydroxylation sites is 2. The third-order valence-corrected chi connectivity index (χ3v) is 8.91. The second-order valence-electron chi connectivity index (χ2n) is 11.6. The van der Waals surface area contributed by atoms with Gasteiger partial charge < -0.3 is 8.83 Å². The fraction of sp³-hybridized carbons (Fsp3) is 0. The molecule has 5 nitrogen and oxygen atoms in total. The highest BCUT2D eigenvalue weighted by atomic mass is 16.3. The van der Waals surface area contributed by atoms with Crippen molar-refractivity contribution >= 4 is 65.4 Å². The van der Waals surface area contributed by atoms with E-state index in [2.05, 4.69) is 66.7 Å². The van der Waals surface area contributed by atoms with Crippen LogP contribution in [0.15, 0.2) is 148 Å². The van der Waals surface area contributed by atoms with Crippen LogP contribution >= 0.6 is 0 Å². The predicted octanol–water partition coefficient (Wildman–Crippen LogP) is 11.0. The van der Waals surface area contributed by atoms with Gasteiger partial charge in [0, 0.05) is 43.6 Å². The molecule has 0 amide bonds. The van der Waals surface area contributed by atoms with Crippen LogP contribution in [0.4, 0.5) is 0 Å². The summed E-state index contributed by atoms with van der Waals surface area (Å²) in [6.07, 6.45) is 0. The van der Waals surface area contributed by atoms with Crippen molar-refractivity contribution in [3.05, 3.63) is 140 Å². The summed E-state index contributed by atoms with van der Waals surface area (Å²) >= 11 is 0. The fourth-order valence-electron chi connectivity index (χ4n) is 6.80. The Hall–Kier alpha value is -6.33. The summed E-state index contributed by atoms with van der Waals surface area (Å²) in [6, 6.07) is 47.5. The molecule has 5 heteroatoms. The van der Waals surface area contributed by atoms with Gasteiger partial charge in [-0.25, -0.2) is 15.0 Å². The molecular weight excluding hydrogens is 566 g/mol. The van der Waals surface area contributed by atoms with Gasteiger partial charge in [0.05, 0.1) is 0 Å². The van der Waals surface area contributed by atoms with Crippen molar-refractivity contribution in [3.8, 4) is 34.2 Å². The number of fused-ring (bicyclic) bond motifs is 10. The summed E-state index contributed by atoms with van der Waals surface area (Å²) in [6.45, 7) is 0. The number of aromatic nitrogens is 3. The molecule has 0 radical (unpaired) electrons. The molecule has 0 aliphatic carbocycles. The van der Waals surface area contributed by atoms with Gasteiger partial charge in [0.1, 0.15) is 22.3 Å². The molecule has 214 valence electrons. The summed E-state index contributed by atoms with van der Waals surface area (Å²) in [5.41, 5.74) is 6.14. The SMILES string of the molecule is c1ccc(-c2nc(-c3ccc4ccc5ccc6oc7ccccc7c6c5c4c3)nc(-c3cccc4oc5ccccc5c34)n2)cc1. The molecule has 0 spiro atoms. The van der Waals surface area contributed by atoms with E-state index in [-0.39, 0.29) is 0 Å². The highest BCUT2D eigenvalue weighted by Crippen LogP contribution is 2.40. The summed E-state index contributed by atoms with van der Waals surface area (Å²) in [7, 11) is 0. The molecule has 10 aromatic rings. The van der Waals surface area contributed by atoms with Gasteiger partial charge in [-0.05, 0) is 46.5 Å². The molecule has 0 bridgehead atoms.